The van der Waals surface area contributed by atoms with Crippen LogP contribution in [0.3, 0.4) is 0 Å². The molecule has 2 N–H and O–H groups in total. The molecule has 0 bridgehead atoms. The van der Waals surface area contributed by atoms with Gasteiger partial charge in [0.15, 0.2) is 0 Å². The lowest BCUT2D eigenvalue weighted by molar-refractivity contribution is 0.0944. The van der Waals surface area contributed by atoms with Gasteiger partial charge < -0.3 is 10.4 Å². The zero-order valence-corrected chi connectivity index (χ0v) is 10.7. The Morgan fingerprint density at radius 1 is 1.38 bits per heavy atom. The average molecular weight is 223 g/mol. The van der Waals surface area contributed by atoms with Crippen LogP contribution in [0.5, 0.6) is 0 Å². The number of aryl methyl sites for hydroxylation is 1. The maximum atomic E-state index is 9.62. The largest absolute Gasteiger partial charge is 0.389 e. The van der Waals surface area contributed by atoms with Crippen molar-refractivity contribution in [1.82, 2.24) is 9.97 Å². The SMILES string of the molecule is Cc1cc(NCC(C)(C)O)nc(C(C)C)n1. The molecule has 0 aliphatic rings. The van der Waals surface area contributed by atoms with E-state index in [0.29, 0.717) is 12.5 Å². The van der Waals surface area contributed by atoms with Crippen molar-refractivity contribution in [3.05, 3.63) is 17.6 Å². The molecule has 1 rings (SSSR count). The van der Waals surface area contributed by atoms with Crippen LogP contribution in [-0.4, -0.2) is 27.2 Å². The Bertz CT molecular complexity index is 356. The topological polar surface area (TPSA) is 58.0 Å². The molecule has 0 atom stereocenters. The van der Waals surface area contributed by atoms with E-state index in [4.69, 9.17) is 0 Å². The highest BCUT2D eigenvalue weighted by atomic mass is 16.3. The lowest BCUT2D eigenvalue weighted by atomic mass is 10.1. The molecule has 0 amide bonds. The summed E-state index contributed by atoms with van der Waals surface area (Å²) >= 11 is 0. The second-order valence-electron chi connectivity index (χ2n) is 5.07. The maximum Gasteiger partial charge on any atom is 0.133 e. The quantitative estimate of drug-likeness (QED) is 0.820. The van der Waals surface area contributed by atoms with E-state index >= 15 is 0 Å². The fraction of sp³-hybridized carbons (Fsp3) is 0.667. The third-order valence-electron chi connectivity index (χ3n) is 2.09. The van der Waals surface area contributed by atoms with Crippen molar-refractivity contribution in [1.29, 1.82) is 0 Å². The monoisotopic (exact) mass is 223 g/mol. The Hall–Kier alpha value is -1.16. The molecule has 0 aliphatic heterocycles. The van der Waals surface area contributed by atoms with Crippen LogP contribution in [0.1, 0.15) is 45.1 Å². The molecule has 0 aliphatic carbocycles. The molecule has 0 aromatic carbocycles. The van der Waals surface area contributed by atoms with Crippen LogP contribution >= 0.6 is 0 Å². The van der Waals surface area contributed by atoms with Gasteiger partial charge in [-0.15, -0.1) is 0 Å². The zero-order valence-electron chi connectivity index (χ0n) is 10.7. The highest BCUT2D eigenvalue weighted by molar-refractivity contribution is 5.36. The van der Waals surface area contributed by atoms with Gasteiger partial charge in [-0.2, -0.15) is 0 Å². The summed E-state index contributed by atoms with van der Waals surface area (Å²) in [7, 11) is 0. The number of anilines is 1. The van der Waals surface area contributed by atoms with Crippen molar-refractivity contribution < 1.29 is 5.11 Å². The van der Waals surface area contributed by atoms with Crippen molar-refractivity contribution in [2.45, 2.75) is 46.1 Å². The molecule has 16 heavy (non-hydrogen) atoms. The van der Waals surface area contributed by atoms with E-state index in [9.17, 15) is 5.11 Å². The van der Waals surface area contributed by atoms with Gasteiger partial charge in [0, 0.05) is 24.2 Å². The molecule has 1 aromatic rings. The number of rotatable bonds is 4. The first-order valence-corrected chi connectivity index (χ1v) is 5.60. The van der Waals surface area contributed by atoms with Gasteiger partial charge in [0.1, 0.15) is 11.6 Å². The molecule has 4 heteroatoms. The van der Waals surface area contributed by atoms with Gasteiger partial charge in [0.2, 0.25) is 0 Å². The van der Waals surface area contributed by atoms with Crippen molar-refractivity contribution >= 4 is 5.82 Å². The molecule has 0 saturated carbocycles. The molecular formula is C12H21N3O. The number of nitrogens with one attached hydrogen (secondary N) is 1. The van der Waals surface area contributed by atoms with Crippen LogP contribution < -0.4 is 5.32 Å². The maximum absolute atomic E-state index is 9.62. The van der Waals surface area contributed by atoms with Crippen LogP contribution in [0, 0.1) is 6.92 Å². The first-order valence-electron chi connectivity index (χ1n) is 5.60. The lowest BCUT2D eigenvalue weighted by Gasteiger charge is -2.18. The van der Waals surface area contributed by atoms with E-state index in [-0.39, 0.29) is 0 Å². The summed E-state index contributed by atoms with van der Waals surface area (Å²) in [6.07, 6.45) is 0. The zero-order chi connectivity index (χ0) is 12.3. The minimum Gasteiger partial charge on any atom is -0.389 e. The molecule has 90 valence electrons. The molecule has 1 aromatic heterocycles. The van der Waals surface area contributed by atoms with E-state index in [1.54, 1.807) is 13.8 Å². The van der Waals surface area contributed by atoms with Crippen LogP contribution in [0.2, 0.25) is 0 Å². The minimum absolute atomic E-state index is 0.308. The third-order valence-corrected chi connectivity index (χ3v) is 2.09. The Morgan fingerprint density at radius 2 is 2.00 bits per heavy atom. The predicted octanol–water partition coefficient (Wildman–Crippen LogP) is 2.09. The summed E-state index contributed by atoms with van der Waals surface area (Å²) < 4.78 is 0. The summed E-state index contributed by atoms with van der Waals surface area (Å²) in [5.41, 5.74) is 0.202. The average Bonchev–Trinajstić information content (AvgIpc) is 2.13. The first kappa shape index (κ1) is 12.9. The van der Waals surface area contributed by atoms with Crippen molar-refractivity contribution in [2.24, 2.45) is 0 Å². The van der Waals surface area contributed by atoms with Gasteiger partial charge >= 0.3 is 0 Å². The summed E-state index contributed by atoms with van der Waals surface area (Å²) in [4.78, 5) is 8.77. The fourth-order valence-corrected chi connectivity index (χ4v) is 1.25. The van der Waals surface area contributed by atoms with E-state index < -0.39 is 5.60 Å². The number of aromatic nitrogens is 2. The van der Waals surface area contributed by atoms with Crippen molar-refractivity contribution in [2.75, 3.05) is 11.9 Å². The van der Waals surface area contributed by atoms with Crippen LogP contribution in [0.15, 0.2) is 6.07 Å². The van der Waals surface area contributed by atoms with Gasteiger partial charge in [-0.05, 0) is 20.8 Å². The molecule has 0 fully saturated rings. The van der Waals surface area contributed by atoms with Gasteiger partial charge in [0.05, 0.1) is 5.60 Å². The van der Waals surface area contributed by atoms with Crippen LogP contribution in [0.4, 0.5) is 5.82 Å². The van der Waals surface area contributed by atoms with E-state index in [1.807, 2.05) is 13.0 Å². The molecule has 0 unspecified atom stereocenters. The van der Waals surface area contributed by atoms with Crippen LogP contribution in [-0.2, 0) is 0 Å². The second kappa shape index (κ2) is 4.78. The van der Waals surface area contributed by atoms with Crippen molar-refractivity contribution in [3.8, 4) is 0 Å². The molecule has 0 radical (unpaired) electrons. The minimum atomic E-state index is -0.739. The van der Waals surface area contributed by atoms with Gasteiger partial charge in [-0.25, -0.2) is 9.97 Å². The summed E-state index contributed by atoms with van der Waals surface area (Å²) in [6.45, 7) is 10.1. The Kier molecular flexibility index (Phi) is 3.86. The molecule has 0 saturated heterocycles. The number of aliphatic hydroxyl groups is 1. The predicted molar refractivity (Wildman–Crippen MR) is 65.6 cm³/mol. The number of hydrogen-bond donors (Lipinski definition) is 2. The smallest absolute Gasteiger partial charge is 0.133 e. The van der Waals surface area contributed by atoms with E-state index in [0.717, 1.165) is 17.3 Å². The fourth-order valence-electron chi connectivity index (χ4n) is 1.25. The highest BCUT2D eigenvalue weighted by Gasteiger charge is 2.13. The normalized spacial score (nSPS) is 11.9. The van der Waals surface area contributed by atoms with Gasteiger partial charge in [-0.1, -0.05) is 13.8 Å². The Morgan fingerprint density at radius 3 is 2.50 bits per heavy atom. The Labute approximate surface area is 97.1 Å². The van der Waals surface area contributed by atoms with Gasteiger partial charge in [0.25, 0.3) is 0 Å². The van der Waals surface area contributed by atoms with Gasteiger partial charge in [-0.3, -0.25) is 0 Å². The standard InChI is InChI=1S/C12H21N3O/c1-8(2)11-14-9(3)6-10(15-11)13-7-12(4,5)16/h6,8,16H,7H2,1-5H3,(H,13,14,15). The molecule has 1 heterocycles. The summed E-state index contributed by atoms with van der Waals surface area (Å²) in [5.74, 6) is 1.92. The number of hydrogen-bond acceptors (Lipinski definition) is 4. The number of nitrogens with zero attached hydrogens (tertiary/aromatic N) is 2. The summed E-state index contributed by atoms with van der Waals surface area (Å²) in [5, 5.41) is 12.7. The highest BCUT2D eigenvalue weighted by Crippen LogP contribution is 2.14. The van der Waals surface area contributed by atoms with E-state index in [1.165, 1.54) is 0 Å². The Balaban J connectivity index is 2.81. The third kappa shape index (κ3) is 4.14. The second-order valence-corrected chi connectivity index (χ2v) is 5.07. The molecule has 4 nitrogen and oxygen atoms in total. The van der Waals surface area contributed by atoms with Crippen LogP contribution in [0.25, 0.3) is 0 Å². The van der Waals surface area contributed by atoms with E-state index in [2.05, 4.69) is 29.1 Å². The molecule has 0 spiro atoms. The molecular weight excluding hydrogens is 202 g/mol. The lowest BCUT2D eigenvalue weighted by Crippen LogP contribution is -2.29. The van der Waals surface area contributed by atoms with Crippen molar-refractivity contribution in [3.63, 3.8) is 0 Å². The first-order chi connectivity index (χ1) is 7.28. The summed E-state index contributed by atoms with van der Waals surface area (Å²) in [6, 6.07) is 1.89.